The van der Waals surface area contributed by atoms with Crippen molar-refractivity contribution in [3.05, 3.63) is 53.3 Å². The molecule has 0 aliphatic heterocycles. The Labute approximate surface area is 150 Å². The number of methoxy groups -OCH3 is 1. The van der Waals surface area contributed by atoms with Crippen molar-refractivity contribution < 1.29 is 18.7 Å². The van der Waals surface area contributed by atoms with Crippen molar-refractivity contribution in [1.82, 2.24) is 0 Å². The zero-order valence-electron chi connectivity index (χ0n) is 14.0. The Morgan fingerprint density at radius 3 is 2.04 bits per heavy atom. The molecule has 2 aromatic rings. The van der Waals surface area contributed by atoms with Crippen LogP contribution in [0.3, 0.4) is 0 Å². The molecular weight excluding hydrogens is 347 g/mol. The fraction of sp³-hybridized carbons (Fsp3) is 0.222. The van der Waals surface area contributed by atoms with Gasteiger partial charge in [-0.3, -0.25) is 9.59 Å². The van der Waals surface area contributed by atoms with Gasteiger partial charge in [-0.1, -0.05) is 11.6 Å². The van der Waals surface area contributed by atoms with Gasteiger partial charge in [0.1, 0.15) is 17.0 Å². The van der Waals surface area contributed by atoms with Crippen LogP contribution in [0.1, 0.15) is 13.8 Å². The van der Waals surface area contributed by atoms with Gasteiger partial charge in [0, 0.05) is 11.4 Å². The van der Waals surface area contributed by atoms with Gasteiger partial charge in [0.25, 0.3) is 0 Å². The third kappa shape index (κ3) is 4.48. The highest BCUT2D eigenvalue weighted by molar-refractivity contribution is 6.31. The minimum atomic E-state index is -1.36. The Hall–Kier alpha value is -2.60. The van der Waals surface area contributed by atoms with Crippen LogP contribution in [0, 0.1) is 11.2 Å². The van der Waals surface area contributed by atoms with E-state index in [2.05, 4.69) is 10.6 Å². The average molecular weight is 365 g/mol. The maximum atomic E-state index is 13.2. The van der Waals surface area contributed by atoms with E-state index in [1.807, 2.05) is 0 Å². The van der Waals surface area contributed by atoms with E-state index in [-0.39, 0.29) is 5.02 Å². The summed E-state index contributed by atoms with van der Waals surface area (Å²) in [6, 6.07) is 10.5. The van der Waals surface area contributed by atoms with E-state index in [1.165, 1.54) is 26.0 Å². The molecule has 0 spiro atoms. The van der Waals surface area contributed by atoms with Gasteiger partial charge in [0.05, 0.1) is 12.1 Å². The number of benzene rings is 2. The number of amides is 2. The Bertz CT molecular complexity index is 791. The van der Waals surface area contributed by atoms with Gasteiger partial charge in [-0.25, -0.2) is 4.39 Å². The average Bonchev–Trinajstić information content (AvgIpc) is 2.58. The maximum absolute atomic E-state index is 13.2. The number of nitrogens with one attached hydrogen (secondary N) is 2. The second-order valence-electron chi connectivity index (χ2n) is 5.89. The van der Waals surface area contributed by atoms with E-state index in [9.17, 15) is 14.0 Å². The molecule has 0 radical (unpaired) electrons. The second kappa shape index (κ2) is 7.53. The Morgan fingerprint density at radius 1 is 1.00 bits per heavy atom. The molecule has 0 atom stereocenters. The molecule has 0 fully saturated rings. The number of halogens is 2. The number of ether oxygens (including phenoxy) is 1. The van der Waals surface area contributed by atoms with Gasteiger partial charge >= 0.3 is 0 Å². The molecule has 0 heterocycles. The third-order valence-corrected chi connectivity index (χ3v) is 3.95. The van der Waals surface area contributed by atoms with Crippen molar-refractivity contribution in [2.45, 2.75) is 13.8 Å². The van der Waals surface area contributed by atoms with Crippen molar-refractivity contribution in [3.63, 3.8) is 0 Å². The van der Waals surface area contributed by atoms with E-state index in [0.717, 1.165) is 6.07 Å². The van der Waals surface area contributed by atoms with Crippen molar-refractivity contribution >= 4 is 34.8 Å². The molecular formula is C18H18ClFN2O3. The summed E-state index contributed by atoms with van der Waals surface area (Å²) < 4.78 is 18.2. The van der Waals surface area contributed by atoms with Crippen LogP contribution in [0.4, 0.5) is 15.8 Å². The number of anilines is 2. The highest BCUT2D eigenvalue weighted by Gasteiger charge is 2.36. The van der Waals surface area contributed by atoms with Gasteiger partial charge in [0.2, 0.25) is 11.8 Å². The summed E-state index contributed by atoms with van der Waals surface area (Å²) in [4.78, 5) is 24.9. The summed E-state index contributed by atoms with van der Waals surface area (Å²) in [6.07, 6.45) is 0. The minimum absolute atomic E-state index is 0.113. The van der Waals surface area contributed by atoms with Crippen LogP contribution in [0.15, 0.2) is 42.5 Å². The van der Waals surface area contributed by atoms with Crippen LogP contribution in [-0.4, -0.2) is 18.9 Å². The summed E-state index contributed by atoms with van der Waals surface area (Å²) in [7, 11) is 1.54. The number of carbonyl (C=O) groups is 2. The van der Waals surface area contributed by atoms with Crippen molar-refractivity contribution in [2.24, 2.45) is 5.41 Å². The first-order chi connectivity index (χ1) is 11.7. The molecule has 2 aromatic carbocycles. The lowest BCUT2D eigenvalue weighted by Crippen LogP contribution is -2.41. The first-order valence-corrected chi connectivity index (χ1v) is 7.84. The van der Waals surface area contributed by atoms with Gasteiger partial charge in [0.15, 0.2) is 0 Å². The maximum Gasteiger partial charge on any atom is 0.239 e. The fourth-order valence-corrected chi connectivity index (χ4v) is 2.11. The molecule has 2 amide bonds. The number of rotatable bonds is 5. The molecule has 0 bridgehead atoms. The summed E-state index contributed by atoms with van der Waals surface area (Å²) in [5.74, 6) is -0.955. The van der Waals surface area contributed by atoms with Crippen LogP contribution < -0.4 is 15.4 Å². The van der Waals surface area contributed by atoms with Crippen LogP contribution in [-0.2, 0) is 9.59 Å². The second-order valence-corrected chi connectivity index (χ2v) is 6.30. The van der Waals surface area contributed by atoms with Crippen LogP contribution >= 0.6 is 11.6 Å². The topological polar surface area (TPSA) is 67.4 Å². The lowest BCUT2D eigenvalue weighted by atomic mass is 9.90. The standard InChI is InChI=1S/C18H18ClFN2O3/c1-18(2,16(23)21-11-4-7-13(25-3)8-5-11)17(24)22-12-6-9-15(20)14(19)10-12/h4-10H,1-3H3,(H,21,23)(H,22,24). The molecule has 5 nitrogen and oxygen atoms in total. The lowest BCUT2D eigenvalue weighted by Gasteiger charge is -2.23. The van der Waals surface area contributed by atoms with E-state index < -0.39 is 23.0 Å². The highest BCUT2D eigenvalue weighted by Crippen LogP contribution is 2.24. The van der Waals surface area contributed by atoms with Gasteiger partial charge in [-0.05, 0) is 56.3 Å². The van der Waals surface area contributed by atoms with E-state index in [0.29, 0.717) is 17.1 Å². The van der Waals surface area contributed by atoms with Gasteiger partial charge in [-0.15, -0.1) is 0 Å². The fourth-order valence-electron chi connectivity index (χ4n) is 1.93. The van der Waals surface area contributed by atoms with Gasteiger partial charge in [-0.2, -0.15) is 0 Å². The molecule has 0 aromatic heterocycles. The summed E-state index contributed by atoms with van der Waals surface area (Å²) in [6.45, 7) is 2.98. The van der Waals surface area contributed by atoms with Crippen LogP contribution in [0.25, 0.3) is 0 Å². The smallest absolute Gasteiger partial charge is 0.239 e. The SMILES string of the molecule is COc1ccc(NC(=O)C(C)(C)C(=O)Nc2ccc(F)c(Cl)c2)cc1. The van der Waals surface area contributed by atoms with Crippen LogP contribution in [0.2, 0.25) is 5.02 Å². The molecule has 0 aliphatic carbocycles. The molecule has 132 valence electrons. The molecule has 2 N–H and O–H groups in total. The zero-order chi connectivity index (χ0) is 18.6. The highest BCUT2D eigenvalue weighted by atomic mass is 35.5. The predicted octanol–water partition coefficient (Wildman–Crippen LogP) is 4.09. The summed E-state index contributed by atoms with van der Waals surface area (Å²) in [5, 5.41) is 5.13. The van der Waals surface area contributed by atoms with Crippen molar-refractivity contribution in [3.8, 4) is 5.75 Å². The number of carbonyl (C=O) groups excluding carboxylic acids is 2. The Morgan fingerprint density at radius 2 is 1.52 bits per heavy atom. The van der Waals surface area contributed by atoms with E-state index in [4.69, 9.17) is 16.3 Å². The monoisotopic (exact) mass is 364 g/mol. The third-order valence-electron chi connectivity index (χ3n) is 3.66. The van der Waals surface area contributed by atoms with Crippen molar-refractivity contribution in [1.29, 1.82) is 0 Å². The first-order valence-electron chi connectivity index (χ1n) is 7.46. The normalized spacial score (nSPS) is 10.9. The largest absolute Gasteiger partial charge is 0.497 e. The molecule has 0 saturated carbocycles. The lowest BCUT2D eigenvalue weighted by molar-refractivity contribution is -0.135. The Kier molecular flexibility index (Phi) is 5.64. The number of hydrogen-bond acceptors (Lipinski definition) is 3. The summed E-state index contributed by atoms with van der Waals surface area (Å²) >= 11 is 5.69. The zero-order valence-corrected chi connectivity index (χ0v) is 14.8. The molecule has 2 rings (SSSR count). The molecule has 7 heteroatoms. The Balaban J connectivity index is 2.08. The number of hydrogen-bond donors (Lipinski definition) is 2. The molecule has 0 unspecified atom stereocenters. The quantitative estimate of drug-likeness (QED) is 0.785. The van der Waals surface area contributed by atoms with E-state index >= 15 is 0 Å². The summed E-state index contributed by atoms with van der Waals surface area (Å²) in [5.41, 5.74) is -0.515. The minimum Gasteiger partial charge on any atom is -0.497 e. The molecule has 0 aliphatic rings. The van der Waals surface area contributed by atoms with Gasteiger partial charge < -0.3 is 15.4 Å². The molecule has 0 saturated heterocycles. The first kappa shape index (κ1) is 18.7. The molecule has 25 heavy (non-hydrogen) atoms. The van der Waals surface area contributed by atoms with Crippen molar-refractivity contribution in [2.75, 3.05) is 17.7 Å². The predicted molar refractivity (Wildman–Crippen MR) is 95.4 cm³/mol. The van der Waals surface area contributed by atoms with E-state index in [1.54, 1.807) is 31.4 Å². The van der Waals surface area contributed by atoms with Crippen LogP contribution in [0.5, 0.6) is 5.75 Å².